The summed E-state index contributed by atoms with van der Waals surface area (Å²) in [7, 11) is 0. The molecule has 2 atom stereocenters. The van der Waals surface area contributed by atoms with Gasteiger partial charge >= 0.3 is 0 Å². The third-order valence-corrected chi connectivity index (χ3v) is 4.23. The number of rotatable bonds is 9. The van der Waals surface area contributed by atoms with E-state index < -0.39 is 6.04 Å². The Bertz CT molecular complexity index is 513. The van der Waals surface area contributed by atoms with E-state index in [4.69, 9.17) is 4.74 Å². The van der Waals surface area contributed by atoms with E-state index in [1.165, 1.54) is 0 Å². The van der Waals surface area contributed by atoms with Gasteiger partial charge in [0, 0.05) is 13.2 Å². The van der Waals surface area contributed by atoms with Crippen LogP contribution in [0.25, 0.3) is 0 Å². The lowest BCUT2D eigenvalue weighted by Crippen LogP contribution is -2.47. The van der Waals surface area contributed by atoms with E-state index in [9.17, 15) is 9.59 Å². The van der Waals surface area contributed by atoms with Crippen molar-refractivity contribution in [2.75, 3.05) is 13.2 Å². The molecule has 0 aliphatic carbocycles. The second-order valence-electron chi connectivity index (χ2n) is 6.29. The monoisotopic (exact) mass is 332 g/mol. The third-order valence-electron chi connectivity index (χ3n) is 4.23. The van der Waals surface area contributed by atoms with Gasteiger partial charge in [0.25, 0.3) is 0 Å². The van der Waals surface area contributed by atoms with Crippen LogP contribution in [0.15, 0.2) is 30.3 Å². The number of benzene rings is 1. The van der Waals surface area contributed by atoms with Crippen LogP contribution in [-0.2, 0) is 20.7 Å². The van der Waals surface area contributed by atoms with Crippen LogP contribution in [0.3, 0.4) is 0 Å². The highest BCUT2D eigenvalue weighted by Crippen LogP contribution is 2.14. The molecule has 24 heavy (non-hydrogen) atoms. The van der Waals surface area contributed by atoms with Crippen LogP contribution in [0.5, 0.6) is 0 Å². The van der Waals surface area contributed by atoms with Gasteiger partial charge in [-0.1, -0.05) is 43.7 Å². The summed E-state index contributed by atoms with van der Waals surface area (Å²) < 4.78 is 5.55. The molecule has 1 aliphatic heterocycles. The molecule has 5 nitrogen and oxygen atoms in total. The Morgan fingerprint density at radius 1 is 1.29 bits per heavy atom. The van der Waals surface area contributed by atoms with Crippen molar-refractivity contribution in [2.24, 2.45) is 0 Å². The number of hydrogen-bond acceptors (Lipinski definition) is 3. The Labute approximate surface area is 144 Å². The first-order valence-electron chi connectivity index (χ1n) is 8.91. The Kier molecular flexibility index (Phi) is 7.75. The summed E-state index contributed by atoms with van der Waals surface area (Å²) >= 11 is 0. The number of carbonyl (C=O) groups is 2. The van der Waals surface area contributed by atoms with E-state index in [-0.39, 0.29) is 17.9 Å². The third kappa shape index (κ3) is 6.32. The fraction of sp³-hybridized carbons (Fsp3) is 0.579. The van der Waals surface area contributed by atoms with Crippen molar-refractivity contribution >= 4 is 11.8 Å². The van der Waals surface area contributed by atoms with Gasteiger partial charge < -0.3 is 15.4 Å². The van der Waals surface area contributed by atoms with E-state index in [2.05, 4.69) is 10.6 Å². The maximum atomic E-state index is 12.3. The minimum Gasteiger partial charge on any atom is -0.378 e. The van der Waals surface area contributed by atoms with Crippen LogP contribution >= 0.6 is 0 Å². The molecule has 0 spiro atoms. The smallest absolute Gasteiger partial charge is 0.242 e. The predicted molar refractivity (Wildman–Crippen MR) is 93.6 cm³/mol. The van der Waals surface area contributed by atoms with E-state index in [0.717, 1.165) is 37.9 Å². The fourth-order valence-electron chi connectivity index (χ4n) is 2.94. The molecule has 0 saturated carbocycles. The fourth-order valence-corrected chi connectivity index (χ4v) is 2.94. The summed E-state index contributed by atoms with van der Waals surface area (Å²) in [6, 6.07) is 9.10. The minimum atomic E-state index is -0.462. The van der Waals surface area contributed by atoms with Gasteiger partial charge in [-0.3, -0.25) is 9.59 Å². The summed E-state index contributed by atoms with van der Waals surface area (Å²) in [6.07, 6.45) is 5.06. The lowest BCUT2D eigenvalue weighted by molar-refractivity contribution is -0.128. The summed E-state index contributed by atoms with van der Waals surface area (Å²) in [4.78, 5) is 24.5. The number of ether oxygens (including phenoxy) is 1. The van der Waals surface area contributed by atoms with E-state index in [0.29, 0.717) is 19.4 Å². The molecule has 0 aromatic heterocycles. The number of carbonyl (C=O) groups excluding carboxylic acids is 2. The highest BCUT2D eigenvalue weighted by Gasteiger charge is 2.21. The topological polar surface area (TPSA) is 67.4 Å². The molecular formula is C19H28N2O3. The van der Waals surface area contributed by atoms with E-state index in [1.54, 1.807) is 0 Å². The maximum absolute atomic E-state index is 12.3. The molecule has 1 aliphatic rings. The zero-order valence-electron chi connectivity index (χ0n) is 14.4. The van der Waals surface area contributed by atoms with Gasteiger partial charge in [0.05, 0.1) is 12.5 Å². The maximum Gasteiger partial charge on any atom is 0.242 e. The molecule has 0 radical (unpaired) electrons. The molecule has 2 N–H and O–H groups in total. The summed E-state index contributed by atoms with van der Waals surface area (Å²) in [5.41, 5.74) is 0.948. The van der Waals surface area contributed by atoms with Gasteiger partial charge in [0.2, 0.25) is 11.8 Å². The van der Waals surface area contributed by atoms with Crippen LogP contribution in [0, 0.1) is 0 Å². The number of amides is 2. The first-order chi connectivity index (χ1) is 11.7. The van der Waals surface area contributed by atoms with Crippen LogP contribution in [0.4, 0.5) is 0 Å². The molecule has 5 heteroatoms. The van der Waals surface area contributed by atoms with Crippen LogP contribution < -0.4 is 10.6 Å². The second kappa shape index (κ2) is 10.1. The van der Waals surface area contributed by atoms with Crippen molar-refractivity contribution in [3.8, 4) is 0 Å². The van der Waals surface area contributed by atoms with Crippen molar-refractivity contribution < 1.29 is 14.3 Å². The molecule has 1 aromatic rings. The highest BCUT2D eigenvalue weighted by molar-refractivity contribution is 5.88. The molecule has 0 bridgehead atoms. The zero-order chi connectivity index (χ0) is 17.2. The van der Waals surface area contributed by atoms with E-state index in [1.807, 2.05) is 37.3 Å². The van der Waals surface area contributed by atoms with Crippen LogP contribution in [-0.4, -0.2) is 37.1 Å². The Balaban J connectivity index is 1.76. The van der Waals surface area contributed by atoms with Crippen molar-refractivity contribution in [1.29, 1.82) is 0 Å². The lowest BCUT2D eigenvalue weighted by atomic mass is 10.1. The van der Waals surface area contributed by atoms with E-state index >= 15 is 0 Å². The molecule has 132 valence electrons. The highest BCUT2D eigenvalue weighted by atomic mass is 16.5. The van der Waals surface area contributed by atoms with Gasteiger partial charge in [-0.15, -0.1) is 0 Å². The largest absolute Gasteiger partial charge is 0.378 e. The van der Waals surface area contributed by atoms with Crippen molar-refractivity contribution in [2.45, 2.75) is 57.6 Å². The summed E-state index contributed by atoms with van der Waals surface area (Å²) in [6.45, 7) is 3.43. The van der Waals surface area contributed by atoms with Crippen molar-refractivity contribution in [3.63, 3.8) is 0 Å². The minimum absolute atomic E-state index is 0.101. The average molecular weight is 332 g/mol. The molecule has 1 saturated heterocycles. The molecule has 1 heterocycles. The zero-order valence-corrected chi connectivity index (χ0v) is 14.4. The Morgan fingerprint density at radius 3 is 2.75 bits per heavy atom. The van der Waals surface area contributed by atoms with Crippen molar-refractivity contribution in [3.05, 3.63) is 35.9 Å². The number of hydrogen-bond donors (Lipinski definition) is 2. The lowest BCUT2D eigenvalue weighted by Gasteiger charge is -2.18. The molecule has 1 fully saturated rings. The predicted octanol–water partition coefficient (Wildman–Crippen LogP) is 2.20. The van der Waals surface area contributed by atoms with Crippen LogP contribution in [0.1, 0.15) is 44.6 Å². The Morgan fingerprint density at radius 2 is 2.08 bits per heavy atom. The average Bonchev–Trinajstić information content (AvgIpc) is 3.08. The van der Waals surface area contributed by atoms with Gasteiger partial charge in [-0.25, -0.2) is 0 Å². The molecule has 2 rings (SSSR count). The summed E-state index contributed by atoms with van der Waals surface area (Å²) in [5.74, 6) is -0.217. The first kappa shape index (κ1) is 18.5. The van der Waals surface area contributed by atoms with Gasteiger partial charge in [-0.05, 0) is 31.2 Å². The SMILES string of the molecule is CCC[C@@H](NC(=O)Cc1ccccc1)C(=O)NCC[C@@H]1CCCO1. The quantitative estimate of drug-likeness (QED) is 0.728. The normalized spacial score (nSPS) is 18.1. The molecule has 0 unspecified atom stereocenters. The summed E-state index contributed by atoms with van der Waals surface area (Å²) in [5, 5.41) is 5.79. The molecule has 1 aromatic carbocycles. The molecular weight excluding hydrogens is 304 g/mol. The second-order valence-corrected chi connectivity index (χ2v) is 6.29. The van der Waals surface area contributed by atoms with Gasteiger partial charge in [-0.2, -0.15) is 0 Å². The standard InChI is InChI=1S/C19H28N2O3/c1-2-7-17(19(23)20-12-11-16-10-6-13-24-16)21-18(22)14-15-8-4-3-5-9-15/h3-5,8-9,16-17H,2,6-7,10-14H2,1H3,(H,20,23)(H,21,22)/t16-,17+/m0/s1. The molecule has 2 amide bonds. The van der Waals surface area contributed by atoms with Gasteiger partial charge in [0.1, 0.15) is 6.04 Å². The van der Waals surface area contributed by atoms with Gasteiger partial charge in [0.15, 0.2) is 0 Å². The van der Waals surface area contributed by atoms with Crippen molar-refractivity contribution in [1.82, 2.24) is 10.6 Å². The number of nitrogens with one attached hydrogen (secondary N) is 2. The van der Waals surface area contributed by atoms with Crippen LogP contribution in [0.2, 0.25) is 0 Å². The first-order valence-corrected chi connectivity index (χ1v) is 8.91. The Hall–Kier alpha value is -1.88.